The van der Waals surface area contributed by atoms with Crippen molar-refractivity contribution in [1.82, 2.24) is 4.98 Å². The average Bonchev–Trinajstić information content (AvgIpc) is 2.58. The maximum Gasteiger partial charge on any atom is 0.350 e. The zero-order chi connectivity index (χ0) is 11.4. The van der Waals surface area contributed by atoms with E-state index >= 15 is 0 Å². The Morgan fingerprint density at radius 1 is 1.38 bits per heavy atom. The molecule has 0 amide bonds. The Morgan fingerprint density at radius 3 is 2.50 bits per heavy atom. The first-order valence-corrected chi connectivity index (χ1v) is 4.80. The lowest BCUT2D eigenvalue weighted by Gasteiger charge is -1.98. The van der Waals surface area contributed by atoms with Gasteiger partial charge in [0.2, 0.25) is 0 Å². The van der Waals surface area contributed by atoms with Gasteiger partial charge in [-0.1, -0.05) is 11.3 Å². The van der Waals surface area contributed by atoms with E-state index in [0.717, 1.165) is 11.3 Å². The molecule has 0 saturated carbocycles. The van der Waals surface area contributed by atoms with Gasteiger partial charge in [0.05, 0.1) is 26.3 Å². The molecule has 0 aliphatic carbocycles. The van der Waals surface area contributed by atoms with Crippen molar-refractivity contribution < 1.29 is 19.1 Å². The molecule has 1 rings (SSSR count). The predicted octanol–water partition coefficient (Wildman–Crippen LogP) is 0.649. The number of nitrogens with two attached hydrogens (primary N) is 1. The summed E-state index contributed by atoms with van der Waals surface area (Å²) in [6, 6.07) is 0. The van der Waals surface area contributed by atoms with Gasteiger partial charge in [0.1, 0.15) is 4.88 Å². The molecule has 1 heterocycles. The summed E-state index contributed by atoms with van der Waals surface area (Å²) >= 11 is 0.984. The highest BCUT2D eigenvalue weighted by Crippen LogP contribution is 2.21. The van der Waals surface area contributed by atoms with Crippen LogP contribution in [0.3, 0.4) is 0 Å². The summed E-state index contributed by atoms with van der Waals surface area (Å²) in [6.07, 6.45) is -0.0887. The van der Waals surface area contributed by atoms with Crippen molar-refractivity contribution in [2.24, 2.45) is 0 Å². The van der Waals surface area contributed by atoms with Crippen LogP contribution in [0.5, 0.6) is 0 Å². The van der Waals surface area contributed by atoms with Crippen molar-refractivity contribution in [3.8, 4) is 0 Å². The number of methoxy groups -OCH3 is 2. The number of hydrogen-bond donors (Lipinski definition) is 1. The highest BCUT2D eigenvalue weighted by Gasteiger charge is 2.20. The Bertz CT molecular complexity index is 393. The third-order valence-electron chi connectivity index (χ3n) is 1.62. The standard InChI is InChI=1S/C8H10N2O4S.ClH/c1-13-5(11)3-4-6(7(12)14-2)15-8(9)10-4;/h3H2,1-2H3,(H2,9,10);1H. The molecule has 8 heteroatoms. The smallest absolute Gasteiger partial charge is 0.350 e. The van der Waals surface area contributed by atoms with E-state index in [2.05, 4.69) is 14.5 Å². The van der Waals surface area contributed by atoms with E-state index < -0.39 is 11.9 Å². The number of esters is 2. The monoisotopic (exact) mass is 266 g/mol. The van der Waals surface area contributed by atoms with Crippen molar-refractivity contribution in [3.63, 3.8) is 0 Å². The second-order valence-corrected chi connectivity index (χ2v) is 3.60. The van der Waals surface area contributed by atoms with E-state index in [1.165, 1.54) is 14.2 Å². The van der Waals surface area contributed by atoms with Gasteiger partial charge < -0.3 is 15.2 Å². The molecule has 0 atom stereocenters. The van der Waals surface area contributed by atoms with Gasteiger partial charge in [-0.3, -0.25) is 4.79 Å². The maximum atomic E-state index is 11.3. The van der Waals surface area contributed by atoms with Gasteiger partial charge in [-0.05, 0) is 0 Å². The van der Waals surface area contributed by atoms with Gasteiger partial charge in [-0.25, -0.2) is 9.78 Å². The number of carbonyl (C=O) groups is 2. The number of hydrogen-bond acceptors (Lipinski definition) is 7. The molecule has 0 spiro atoms. The van der Waals surface area contributed by atoms with Crippen LogP contribution in [-0.4, -0.2) is 31.1 Å². The van der Waals surface area contributed by atoms with Crippen LogP contribution in [0, 0.1) is 0 Å². The summed E-state index contributed by atoms with van der Waals surface area (Å²) in [5.74, 6) is -1.03. The lowest BCUT2D eigenvalue weighted by atomic mass is 10.3. The lowest BCUT2D eigenvalue weighted by Crippen LogP contribution is -2.09. The summed E-state index contributed by atoms with van der Waals surface area (Å²) in [5, 5.41) is 0.217. The zero-order valence-electron chi connectivity index (χ0n) is 8.68. The van der Waals surface area contributed by atoms with Crippen LogP contribution in [0.2, 0.25) is 0 Å². The molecule has 0 saturated heterocycles. The Hall–Kier alpha value is -1.34. The molecule has 0 unspecified atom stereocenters. The van der Waals surface area contributed by atoms with Crippen molar-refractivity contribution in [3.05, 3.63) is 10.6 Å². The highest BCUT2D eigenvalue weighted by atomic mass is 35.5. The number of ether oxygens (including phenoxy) is 2. The number of halogens is 1. The van der Waals surface area contributed by atoms with Crippen molar-refractivity contribution in [2.45, 2.75) is 6.42 Å². The van der Waals surface area contributed by atoms with Crippen LogP contribution in [0.25, 0.3) is 0 Å². The zero-order valence-corrected chi connectivity index (χ0v) is 10.3. The second kappa shape index (κ2) is 6.29. The molecule has 1 aromatic rings. The molecule has 0 aliphatic rings. The maximum absolute atomic E-state index is 11.3. The van der Waals surface area contributed by atoms with Crippen LogP contribution in [-0.2, 0) is 20.7 Å². The summed E-state index contributed by atoms with van der Waals surface area (Å²) in [4.78, 5) is 26.4. The minimum Gasteiger partial charge on any atom is -0.469 e. The Balaban J connectivity index is 0.00000225. The number of thiazole rings is 1. The van der Waals surface area contributed by atoms with Gasteiger partial charge in [0.25, 0.3) is 0 Å². The quantitative estimate of drug-likeness (QED) is 0.808. The van der Waals surface area contributed by atoms with Crippen LogP contribution in [0.15, 0.2) is 0 Å². The summed E-state index contributed by atoms with van der Waals surface area (Å²) in [6.45, 7) is 0. The van der Waals surface area contributed by atoms with Gasteiger partial charge in [0, 0.05) is 0 Å². The van der Waals surface area contributed by atoms with E-state index in [0.29, 0.717) is 0 Å². The lowest BCUT2D eigenvalue weighted by molar-refractivity contribution is -0.139. The molecule has 16 heavy (non-hydrogen) atoms. The number of nitrogens with zero attached hydrogens (tertiary/aromatic N) is 1. The third kappa shape index (κ3) is 3.35. The molecular weight excluding hydrogens is 256 g/mol. The third-order valence-corrected chi connectivity index (χ3v) is 2.53. The molecular formula is C8H11ClN2O4S. The van der Waals surface area contributed by atoms with Gasteiger partial charge in [0.15, 0.2) is 5.13 Å². The first kappa shape index (κ1) is 14.7. The Morgan fingerprint density at radius 2 is 2.00 bits per heavy atom. The fourth-order valence-electron chi connectivity index (χ4n) is 0.951. The number of anilines is 1. The minimum atomic E-state index is -0.553. The van der Waals surface area contributed by atoms with Crippen molar-refractivity contribution >= 4 is 40.8 Å². The SMILES string of the molecule is COC(=O)Cc1nc(N)sc1C(=O)OC.Cl. The van der Waals surface area contributed by atoms with E-state index in [9.17, 15) is 9.59 Å². The molecule has 6 nitrogen and oxygen atoms in total. The molecule has 2 N–H and O–H groups in total. The minimum absolute atomic E-state index is 0. The molecule has 1 aromatic heterocycles. The van der Waals surface area contributed by atoms with E-state index in [-0.39, 0.29) is 34.5 Å². The van der Waals surface area contributed by atoms with E-state index in [1.807, 2.05) is 0 Å². The number of nitrogen functional groups attached to an aromatic ring is 1. The molecule has 90 valence electrons. The fraction of sp³-hybridized carbons (Fsp3) is 0.375. The van der Waals surface area contributed by atoms with Crippen LogP contribution < -0.4 is 5.73 Å². The first-order valence-electron chi connectivity index (χ1n) is 3.98. The topological polar surface area (TPSA) is 91.5 Å². The van der Waals surface area contributed by atoms with E-state index in [1.54, 1.807) is 0 Å². The number of aromatic nitrogens is 1. The highest BCUT2D eigenvalue weighted by molar-refractivity contribution is 7.17. The number of carbonyl (C=O) groups excluding carboxylic acids is 2. The Kier molecular flexibility index (Phi) is 5.76. The van der Waals surface area contributed by atoms with Crippen molar-refractivity contribution in [1.29, 1.82) is 0 Å². The molecule has 0 aliphatic heterocycles. The normalized spacial score (nSPS) is 9.12. The Labute approximate surface area is 102 Å². The summed E-state index contributed by atoms with van der Waals surface area (Å²) in [7, 11) is 2.51. The second-order valence-electron chi connectivity index (χ2n) is 2.57. The summed E-state index contributed by atoms with van der Waals surface area (Å²) in [5.41, 5.74) is 5.72. The molecule has 0 fully saturated rings. The average molecular weight is 267 g/mol. The van der Waals surface area contributed by atoms with Gasteiger partial charge >= 0.3 is 11.9 Å². The molecule has 0 aromatic carbocycles. The molecule has 0 radical (unpaired) electrons. The largest absolute Gasteiger partial charge is 0.469 e. The summed E-state index contributed by atoms with van der Waals surface area (Å²) < 4.78 is 8.99. The van der Waals surface area contributed by atoms with Crippen molar-refractivity contribution in [2.75, 3.05) is 20.0 Å². The van der Waals surface area contributed by atoms with Crippen LogP contribution in [0.4, 0.5) is 5.13 Å². The molecule has 0 bridgehead atoms. The van der Waals surface area contributed by atoms with E-state index in [4.69, 9.17) is 5.73 Å². The predicted molar refractivity (Wildman–Crippen MR) is 60.8 cm³/mol. The van der Waals surface area contributed by atoms with Crippen LogP contribution in [0.1, 0.15) is 15.4 Å². The van der Waals surface area contributed by atoms with Crippen LogP contribution >= 0.6 is 23.7 Å². The van der Waals surface area contributed by atoms with Gasteiger partial charge in [-0.15, -0.1) is 12.4 Å². The number of rotatable bonds is 3. The first-order chi connectivity index (χ1) is 7.08. The fourth-order valence-corrected chi connectivity index (χ4v) is 1.72. The van der Waals surface area contributed by atoms with Gasteiger partial charge in [-0.2, -0.15) is 0 Å².